The van der Waals surface area contributed by atoms with Crippen LogP contribution in [0.25, 0.3) is 0 Å². The average molecular weight is 277 g/mol. The van der Waals surface area contributed by atoms with Crippen molar-refractivity contribution in [3.05, 3.63) is 0 Å². The van der Waals surface area contributed by atoms with Crippen molar-refractivity contribution in [1.29, 1.82) is 0 Å². The maximum absolute atomic E-state index is 13.2. The number of amides is 1. The number of carbonyl (C=O) groups is 1. The molecule has 0 unspecified atom stereocenters. The fourth-order valence-electron chi connectivity index (χ4n) is 2.58. The quantitative estimate of drug-likeness (QED) is 0.683. The van der Waals surface area contributed by atoms with E-state index in [1.54, 1.807) is 25.7 Å². The molecule has 1 amide bonds. The molecule has 0 aromatic heterocycles. The Morgan fingerprint density at radius 1 is 1.26 bits per heavy atom. The van der Waals surface area contributed by atoms with E-state index in [9.17, 15) is 13.6 Å². The first-order chi connectivity index (χ1) is 8.61. The van der Waals surface area contributed by atoms with Crippen molar-refractivity contribution in [2.24, 2.45) is 0 Å². The van der Waals surface area contributed by atoms with Crippen LogP contribution in [0.5, 0.6) is 0 Å². The first-order valence-corrected chi connectivity index (χ1v) is 6.61. The second kappa shape index (κ2) is 4.58. The van der Waals surface area contributed by atoms with Gasteiger partial charge >= 0.3 is 6.09 Å². The minimum absolute atomic E-state index is 0.234. The lowest BCUT2D eigenvalue weighted by Gasteiger charge is -2.38. The van der Waals surface area contributed by atoms with Gasteiger partial charge in [-0.15, -0.1) is 0 Å². The minimum Gasteiger partial charge on any atom is -0.444 e. The molecular formula is C13H21F2NO3. The predicted molar refractivity (Wildman–Crippen MR) is 65.3 cm³/mol. The maximum Gasteiger partial charge on any atom is 0.410 e. The molecule has 6 heteroatoms. The Balaban J connectivity index is 1.88. The average Bonchev–Trinajstić information content (AvgIpc) is 2.53. The molecule has 4 nitrogen and oxygen atoms in total. The molecule has 2 fully saturated rings. The normalized spacial score (nSPS) is 25.6. The van der Waals surface area contributed by atoms with Gasteiger partial charge in [0.05, 0.1) is 5.60 Å². The summed E-state index contributed by atoms with van der Waals surface area (Å²) in [5.41, 5.74) is -1.29. The zero-order chi connectivity index (χ0) is 14.3. The zero-order valence-electron chi connectivity index (χ0n) is 11.7. The van der Waals surface area contributed by atoms with Gasteiger partial charge in [0.25, 0.3) is 5.92 Å². The largest absolute Gasteiger partial charge is 0.444 e. The molecule has 0 aromatic rings. The Bertz CT molecular complexity index is 357. The Morgan fingerprint density at radius 2 is 1.84 bits per heavy atom. The van der Waals surface area contributed by atoms with Crippen molar-refractivity contribution in [3.8, 4) is 0 Å². The van der Waals surface area contributed by atoms with Crippen LogP contribution in [-0.2, 0) is 9.47 Å². The number of likely N-dealkylation sites (tertiary alicyclic amines) is 1. The summed E-state index contributed by atoms with van der Waals surface area (Å²) < 4.78 is 37.0. The summed E-state index contributed by atoms with van der Waals surface area (Å²) in [6.45, 7) is 5.72. The smallest absolute Gasteiger partial charge is 0.410 e. The number of piperidine rings is 1. The van der Waals surface area contributed by atoms with E-state index in [-0.39, 0.29) is 12.5 Å². The fourth-order valence-corrected chi connectivity index (χ4v) is 2.58. The van der Waals surface area contributed by atoms with Gasteiger partial charge in [0.2, 0.25) is 0 Å². The lowest BCUT2D eigenvalue weighted by Crippen LogP contribution is -2.48. The van der Waals surface area contributed by atoms with Crippen LogP contribution in [0, 0.1) is 0 Å². The van der Waals surface area contributed by atoms with Gasteiger partial charge in [-0.1, -0.05) is 0 Å². The van der Waals surface area contributed by atoms with Crippen molar-refractivity contribution in [2.45, 2.75) is 57.2 Å². The maximum atomic E-state index is 13.2. The van der Waals surface area contributed by atoms with Crippen molar-refractivity contribution >= 4 is 6.09 Å². The number of carbonyl (C=O) groups excluding carboxylic acids is 1. The van der Waals surface area contributed by atoms with Crippen LogP contribution >= 0.6 is 0 Å². The summed E-state index contributed by atoms with van der Waals surface area (Å²) in [6, 6.07) is 0. The second-order valence-electron chi connectivity index (χ2n) is 6.47. The molecule has 2 aliphatic heterocycles. The first kappa shape index (κ1) is 14.5. The summed E-state index contributed by atoms with van der Waals surface area (Å²) in [4.78, 5) is 13.4. The molecule has 2 rings (SSSR count). The van der Waals surface area contributed by atoms with Crippen LogP contribution in [0.1, 0.15) is 40.0 Å². The van der Waals surface area contributed by atoms with E-state index in [4.69, 9.17) is 9.47 Å². The molecular weight excluding hydrogens is 256 g/mol. The highest BCUT2D eigenvalue weighted by atomic mass is 19.3. The molecule has 19 heavy (non-hydrogen) atoms. The summed E-state index contributed by atoms with van der Waals surface area (Å²) in [7, 11) is 0. The number of rotatable bonds is 0. The standard InChI is InChI=1S/C13H21F2NO3/c1-11(2,3)19-10(17)16-6-4-12(5-7-16)8-13(14,15)9-18-12/h4-9H2,1-3H3. The molecule has 0 radical (unpaired) electrons. The Kier molecular flexibility index (Phi) is 3.49. The number of ether oxygens (including phenoxy) is 2. The number of hydrogen-bond donors (Lipinski definition) is 0. The van der Waals surface area contributed by atoms with Crippen LogP contribution in [0.15, 0.2) is 0 Å². The van der Waals surface area contributed by atoms with Crippen LogP contribution < -0.4 is 0 Å². The van der Waals surface area contributed by atoms with E-state index in [0.717, 1.165) is 0 Å². The van der Waals surface area contributed by atoms with Crippen LogP contribution in [0.2, 0.25) is 0 Å². The number of hydrogen-bond acceptors (Lipinski definition) is 3. The van der Waals surface area contributed by atoms with E-state index < -0.39 is 23.7 Å². The fraction of sp³-hybridized carbons (Fsp3) is 0.923. The molecule has 0 saturated carbocycles. The molecule has 1 spiro atoms. The topological polar surface area (TPSA) is 38.8 Å². The second-order valence-corrected chi connectivity index (χ2v) is 6.47. The first-order valence-electron chi connectivity index (χ1n) is 6.61. The number of alkyl halides is 2. The van der Waals surface area contributed by atoms with Gasteiger partial charge in [0, 0.05) is 19.5 Å². The third kappa shape index (κ3) is 3.55. The zero-order valence-corrected chi connectivity index (χ0v) is 11.7. The highest BCUT2D eigenvalue weighted by molar-refractivity contribution is 5.68. The summed E-state index contributed by atoms with van der Waals surface area (Å²) in [5, 5.41) is 0. The molecule has 0 bridgehead atoms. The van der Waals surface area contributed by atoms with Gasteiger partial charge in [0.1, 0.15) is 12.2 Å². The number of nitrogens with zero attached hydrogens (tertiary/aromatic N) is 1. The Hall–Kier alpha value is -0.910. The van der Waals surface area contributed by atoms with Crippen molar-refractivity contribution in [3.63, 3.8) is 0 Å². The van der Waals surface area contributed by atoms with E-state index in [0.29, 0.717) is 25.9 Å². The SMILES string of the molecule is CC(C)(C)OC(=O)N1CCC2(CC1)CC(F)(F)CO2. The Labute approximate surface area is 112 Å². The monoisotopic (exact) mass is 277 g/mol. The van der Waals surface area contributed by atoms with E-state index in [2.05, 4.69) is 0 Å². The van der Waals surface area contributed by atoms with Gasteiger partial charge in [-0.05, 0) is 33.6 Å². The third-order valence-electron chi connectivity index (χ3n) is 3.50. The molecule has 2 aliphatic rings. The molecule has 110 valence electrons. The molecule has 0 N–H and O–H groups in total. The molecule has 0 aliphatic carbocycles. The summed E-state index contributed by atoms with van der Waals surface area (Å²) in [6.07, 6.45) is 0.276. The molecule has 0 atom stereocenters. The van der Waals surface area contributed by atoms with Gasteiger partial charge < -0.3 is 14.4 Å². The van der Waals surface area contributed by atoms with Gasteiger partial charge in [0.15, 0.2) is 0 Å². The third-order valence-corrected chi connectivity index (χ3v) is 3.50. The summed E-state index contributed by atoms with van der Waals surface area (Å²) >= 11 is 0. The van der Waals surface area contributed by atoms with Crippen LogP contribution in [-0.4, -0.2) is 47.8 Å². The van der Waals surface area contributed by atoms with Crippen molar-refractivity contribution in [1.82, 2.24) is 4.90 Å². The highest BCUT2D eigenvalue weighted by Gasteiger charge is 2.52. The van der Waals surface area contributed by atoms with Crippen LogP contribution in [0.4, 0.5) is 13.6 Å². The van der Waals surface area contributed by atoms with Crippen molar-refractivity contribution < 1.29 is 23.0 Å². The number of halogens is 2. The van der Waals surface area contributed by atoms with Crippen molar-refractivity contribution in [2.75, 3.05) is 19.7 Å². The summed E-state index contributed by atoms with van der Waals surface area (Å²) in [5.74, 6) is -2.73. The lowest BCUT2D eigenvalue weighted by atomic mass is 9.88. The Morgan fingerprint density at radius 3 is 2.26 bits per heavy atom. The minimum atomic E-state index is -2.73. The molecule has 2 heterocycles. The van der Waals surface area contributed by atoms with Crippen LogP contribution in [0.3, 0.4) is 0 Å². The van der Waals surface area contributed by atoms with Gasteiger partial charge in [-0.3, -0.25) is 0 Å². The molecule has 0 aromatic carbocycles. The van der Waals surface area contributed by atoms with Gasteiger partial charge in [-0.25, -0.2) is 13.6 Å². The highest BCUT2D eigenvalue weighted by Crippen LogP contribution is 2.43. The molecule has 2 saturated heterocycles. The van der Waals surface area contributed by atoms with E-state index in [1.165, 1.54) is 0 Å². The van der Waals surface area contributed by atoms with E-state index in [1.807, 2.05) is 0 Å². The lowest BCUT2D eigenvalue weighted by molar-refractivity contribution is -0.0534. The van der Waals surface area contributed by atoms with Gasteiger partial charge in [-0.2, -0.15) is 0 Å². The predicted octanol–water partition coefficient (Wildman–Crippen LogP) is 2.81. The van der Waals surface area contributed by atoms with E-state index >= 15 is 0 Å².